The fraction of sp³-hybridized carbons (Fsp3) is 0.455. The highest BCUT2D eigenvalue weighted by atomic mass is 31.2. The highest BCUT2D eigenvalue weighted by Crippen LogP contribution is 2.50. The summed E-state index contributed by atoms with van der Waals surface area (Å²) in [6, 6.07) is 19.3. The van der Waals surface area contributed by atoms with E-state index < -0.39 is 7.52 Å². The zero-order valence-electron chi connectivity index (χ0n) is 16.0. The van der Waals surface area contributed by atoms with E-state index in [0.29, 0.717) is 17.8 Å². The van der Waals surface area contributed by atoms with Crippen LogP contribution in [-0.4, -0.2) is 6.10 Å². The summed E-state index contributed by atoms with van der Waals surface area (Å²) in [7, 11) is -3.22. The maximum Gasteiger partial charge on any atom is 0.324 e. The molecule has 1 fully saturated rings. The van der Waals surface area contributed by atoms with Crippen LogP contribution in [0.1, 0.15) is 40.0 Å². The normalized spacial score (nSPS) is 25.6. The van der Waals surface area contributed by atoms with Crippen molar-refractivity contribution < 1.29 is 9.09 Å². The molecule has 1 saturated carbocycles. The summed E-state index contributed by atoms with van der Waals surface area (Å²) in [4.78, 5) is 0. The Hall–Kier alpha value is -1.57. The van der Waals surface area contributed by atoms with Gasteiger partial charge in [0.25, 0.3) is 0 Å². The fourth-order valence-electron chi connectivity index (χ4n) is 3.89. The minimum Gasteiger partial charge on any atom is -0.312 e. The van der Waals surface area contributed by atoms with Crippen molar-refractivity contribution in [3.63, 3.8) is 0 Å². The number of hydrogen-bond acceptors (Lipinski definition) is 2. The van der Waals surface area contributed by atoms with E-state index in [9.17, 15) is 4.57 Å². The van der Waals surface area contributed by atoms with Crippen LogP contribution < -0.4 is 10.4 Å². The molecule has 2 aromatic rings. The number of benzene rings is 2. The highest BCUT2D eigenvalue weighted by Gasteiger charge is 2.38. The van der Waals surface area contributed by atoms with Crippen molar-refractivity contribution in [3.8, 4) is 0 Å². The van der Waals surface area contributed by atoms with E-state index in [1.54, 1.807) is 0 Å². The van der Waals surface area contributed by atoms with Gasteiger partial charge in [0.2, 0.25) is 0 Å². The van der Waals surface area contributed by atoms with Gasteiger partial charge in [-0.2, -0.15) is 0 Å². The molecule has 0 spiro atoms. The average Bonchev–Trinajstić information content (AvgIpc) is 2.63. The molecule has 0 aromatic heterocycles. The van der Waals surface area contributed by atoms with Crippen LogP contribution in [0.2, 0.25) is 0 Å². The maximum atomic E-state index is 14.0. The van der Waals surface area contributed by atoms with Gasteiger partial charge in [-0.3, -0.25) is 4.57 Å². The summed E-state index contributed by atoms with van der Waals surface area (Å²) in [5.41, 5.74) is 0.824. The lowest BCUT2D eigenvalue weighted by Crippen LogP contribution is -2.35. The SMILES string of the molecule is CC(C)[C@H]1CC[C@@H](C)C[C@H]1O[P@](=O)(Nc1ccccc1)c1ccccc1. The second-order valence-corrected chi connectivity index (χ2v) is 9.89. The van der Waals surface area contributed by atoms with Crippen molar-refractivity contribution in [3.05, 3.63) is 60.7 Å². The smallest absolute Gasteiger partial charge is 0.312 e. The minimum absolute atomic E-state index is 0.0148. The molecule has 3 nitrogen and oxygen atoms in total. The second kappa shape index (κ2) is 8.41. The minimum atomic E-state index is -3.22. The van der Waals surface area contributed by atoms with E-state index in [-0.39, 0.29) is 6.10 Å². The lowest BCUT2D eigenvalue weighted by Gasteiger charge is -2.39. The van der Waals surface area contributed by atoms with E-state index in [1.807, 2.05) is 60.7 Å². The predicted molar refractivity (Wildman–Crippen MR) is 110 cm³/mol. The van der Waals surface area contributed by atoms with Gasteiger partial charge in [-0.15, -0.1) is 0 Å². The molecule has 0 radical (unpaired) electrons. The first kappa shape index (κ1) is 19.2. The molecule has 4 heteroatoms. The van der Waals surface area contributed by atoms with E-state index in [2.05, 4.69) is 25.9 Å². The molecule has 0 amide bonds. The fourth-order valence-corrected chi connectivity index (χ4v) is 5.87. The van der Waals surface area contributed by atoms with E-state index >= 15 is 0 Å². The number of hydrogen-bond donors (Lipinski definition) is 1. The number of rotatable bonds is 6. The van der Waals surface area contributed by atoms with E-state index in [1.165, 1.54) is 6.42 Å². The zero-order valence-corrected chi connectivity index (χ0v) is 16.9. The Morgan fingerprint density at radius 2 is 1.62 bits per heavy atom. The number of nitrogens with one attached hydrogen (secondary N) is 1. The zero-order chi connectivity index (χ0) is 18.6. The van der Waals surface area contributed by atoms with Crippen molar-refractivity contribution in [2.45, 2.75) is 46.1 Å². The van der Waals surface area contributed by atoms with E-state index in [0.717, 1.165) is 23.8 Å². The Labute approximate surface area is 157 Å². The maximum absolute atomic E-state index is 14.0. The van der Waals surface area contributed by atoms with Gasteiger partial charge >= 0.3 is 7.52 Å². The molecular formula is C22H30NO2P. The topological polar surface area (TPSA) is 38.3 Å². The van der Waals surface area contributed by atoms with Gasteiger partial charge in [0.1, 0.15) is 0 Å². The van der Waals surface area contributed by atoms with Crippen LogP contribution in [0.15, 0.2) is 60.7 Å². The summed E-state index contributed by atoms with van der Waals surface area (Å²) < 4.78 is 20.5. The Morgan fingerprint density at radius 1 is 1.00 bits per heavy atom. The standard InChI is InChI=1S/C22H30NO2P/c1-17(2)21-15-14-18(3)16-22(21)25-26(24,20-12-8-5-9-13-20)23-19-10-6-4-7-11-19/h4-13,17-18,21-22H,14-16H2,1-3H3,(H,23,24)/t18-,21-,22-,26+/m1/s1. The molecule has 0 unspecified atom stereocenters. The third-order valence-corrected chi connectivity index (χ3v) is 7.49. The van der Waals surface area contributed by atoms with Crippen molar-refractivity contribution in [2.24, 2.45) is 17.8 Å². The Balaban J connectivity index is 1.91. The average molecular weight is 371 g/mol. The van der Waals surface area contributed by atoms with Crippen molar-refractivity contribution in [1.29, 1.82) is 0 Å². The first-order valence-corrected chi connectivity index (χ1v) is 11.3. The summed E-state index contributed by atoms with van der Waals surface area (Å²) in [5, 5.41) is 3.95. The Bertz CT molecular complexity index is 732. The van der Waals surface area contributed by atoms with Crippen molar-refractivity contribution in [1.82, 2.24) is 0 Å². The van der Waals surface area contributed by atoms with Gasteiger partial charge in [0.15, 0.2) is 0 Å². The molecule has 1 N–H and O–H groups in total. The second-order valence-electron chi connectivity index (χ2n) is 7.83. The lowest BCUT2D eigenvalue weighted by molar-refractivity contribution is 0.0506. The Kier molecular flexibility index (Phi) is 6.21. The van der Waals surface area contributed by atoms with Crippen LogP contribution in [0.3, 0.4) is 0 Å². The third-order valence-electron chi connectivity index (χ3n) is 5.39. The van der Waals surface area contributed by atoms with Gasteiger partial charge in [-0.1, -0.05) is 63.6 Å². The van der Waals surface area contributed by atoms with Gasteiger partial charge < -0.3 is 9.61 Å². The summed E-state index contributed by atoms with van der Waals surface area (Å²) >= 11 is 0. The summed E-state index contributed by atoms with van der Waals surface area (Å²) in [5.74, 6) is 1.57. The molecule has 1 aliphatic rings. The predicted octanol–water partition coefficient (Wildman–Crippen LogP) is 6.09. The molecule has 0 saturated heterocycles. The molecule has 3 rings (SSSR count). The molecule has 4 atom stereocenters. The largest absolute Gasteiger partial charge is 0.324 e. The first-order valence-electron chi connectivity index (χ1n) is 9.65. The molecular weight excluding hydrogens is 341 g/mol. The molecule has 2 aromatic carbocycles. The van der Waals surface area contributed by atoms with Gasteiger partial charge in [0.05, 0.1) is 11.4 Å². The molecule has 0 heterocycles. The van der Waals surface area contributed by atoms with Crippen LogP contribution in [-0.2, 0) is 9.09 Å². The Morgan fingerprint density at radius 3 is 2.23 bits per heavy atom. The quantitative estimate of drug-likeness (QED) is 0.624. The highest BCUT2D eigenvalue weighted by molar-refractivity contribution is 7.68. The monoisotopic (exact) mass is 371 g/mol. The molecule has 26 heavy (non-hydrogen) atoms. The number of para-hydroxylation sites is 1. The molecule has 1 aliphatic carbocycles. The summed E-state index contributed by atoms with van der Waals surface area (Å²) in [6.07, 6.45) is 3.35. The van der Waals surface area contributed by atoms with Crippen LogP contribution in [0.5, 0.6) is 0 Å². The van der Waals surface area contributed by atoms with Crippen molar-refractivity contribution in [2.75, 3.05) is 5.09 Å². The van der Waals surface area contributed by atoms with Crippen LogP contribution >= 0.6 is 7.52 Å². The van der Waals surface area contributed by atoms with E-state index in [4.69, 9.17) is 4.52 Å². The summed E-state index contributed by atoms with van der Waals surface area (Å²) in [6.45, 7) is 6.76. The van der Waals surface area contributed by atoms with Gasteiger partial charge in [0, 0.05) is 5.69 Å². The molecule has 140 valence electrons. The van der Waals surface area contributed by atoms with Gasteiger partial charge in [-0.05, 0) is 54.9 Å². The van der Waals surface area contributed by atoms with Crippen molar-refractivity contribution >= 4 is 18.5 Å². The number of anilines is 1. The van der Waals surface area contributed by atoms with Crippen LogP contribution in [0.4, 0.5) is 5.69 Å². The molecule has 0 aliphatic heterocycles. The third kappa shape index (κ3) is 4.58. The van der Waals surface area contributed by atoms with Crippen LogP contribution in [0.25, 0.3) is 0 Å². The van der Waals surface area contributed by atoms with Crippen LogP contribution in [0, 0.1) is 17.8 Å². The van der Waals surface area contributed by atoms with Gasteiger partial charge in [-0.25, -0.2) is 0 Å². The molecule has 0 bridgehead atoms. The lowest BCUT2D eigenvalue weighted by atomic mass is 9.75. The first-order chi connectivity index (χ1) is 12.5.